The van der Waals surface area contributed by atoms with Crippen LogP contribution in [0.3, 0.4) is 0 Å². The molecular formula is C13H18N4O4. The second-order valence-electron chi connectivity index (χ2n) is 4.31. The lowest BCUT2D eigenvalue weighted by Crippen LogP contribution is -2.26. The van der Waals surface area contributed by atoms with E-state index in [1.807, 2.05) is 0 Å². The van der Waals surface area contributed by atoms with Crippen molar-refractivity contribution in [2.24, 2.45) is 5.73 Å². The number of amides is 2. The van der Waals surface area contributed by atoms with Gasteiger partial charge in [0.2, 0.25) is 5.91 Å². The molecule has 2 amide bonds. The fourth-order valence-corrected chi connectivity index (χ4v) is 1.82. The number of rotatable bonds is 8. The largest absolute Gasteiger partial charge is 0.380 e. The molecule has 0 aliphatic rings. The Morgan fingerprint density at radius 1 is 1.38 bits per heavy atom. The Hall–Kier alpha value is -2.64. The predicted octanol–water partition coefficient (Wildman–Crippen LogP) is 1.02. The Kier molecular flexibility index (Phi) is 6.12. The number of nitrogens with zero attached hydrogens (tertiary/aromatic N) is 1. The Morgan fingerprint density at radius 3 is 2.67 bits per heavy atom. The van der Waals surface area contributed by atoms with Crippen molar-refractivity contribution in [2.45, 2.75) is 19.8 Å². The maximum atomic E-state index is 12.0. The van der Waals surface area contributed by atoms with Crippen molar-refractivity contribution in [3.05, 3.63) is 33.9 Å². The first kappa shape index (κ1) is 16.4. The van der Waals surface area contributed by atoms with E-state index in [4.69, 9.17) is 5.73 Å². The van der Waals surface area contributed by atoms with Gasteiger partial charge in [0.15, 0.2) is 0 Å². The van der Waals surface area contributed by atoms with Gasteiger partial charge in [0.25, 0.3) is 5.91 Å². The first-order valence-electron chi connectivity index (χ1n) is 6.55. The summed E-state index contributed by atoms with van der Waals surface area (Å²) in [6.07, 6.45) is 0.543. The molecule has 0 heterocycles. The van der Waals surface area contributed by atoms with Crippen LogP contribution in [0.25, 0.3) is 0 Å². The fourth-order valence-electron chi connectivity index (χ4n) is 1.82. The number of primary amides is 1. The second-order valence-corrected chi connectivity index (χ2v) is 4.31. The lowest BCUT2D eigenvalue weighted by atomic mass is 10.1. The van der Waals surface area contributed by atoms with E-state index in [1.54, 1.807) is 19.1 Å². The SMILES string of the molecule is CCNc1cccc(C(=O)NCCCC(N)=O)c1[N+](=O)[O-]. The molecule has 0 saturated carbocycles. The molecular weight excluding hydrogens is 276 g/mol. The van der Waals surface area contributed by atoms with E-state index in [9.17, 15) is 19.7 Å². The summed E-state index contributed by atoms with van der Waals surface area (Å²) in [6, 6.07) is 4.51. The van der Waals surface area contributed by atoms with Crippen molar-refractivity contribution in [3.63, 3.8) is 0 Å². The molecule has 114 valence electrons. The minimum Gasteiger partial charge on any atom is -0.380 e. The molecule has 0 fully saturated rings. The number of carbonyl (C=O) groups is 2. The number of anilines is 1. The summed E-state index contributed by atoms with van der Waals surface area (Å²) in [5, 5.41) is 16.6. The maximum Gasteiger partial charge on any atom is 0.305 e. The van der Waals surface area contributed by atoms with Gasteiger partial charge in [-0.05, 0) is 25.5 Å². The number of nitrogens with two attached hydrogens (primary N) is 1. The van der Waals surface area contributed by atoms with Gasteiger partial charge in [-0.15, -0.1) is 0 Å². The summed E-state index contributed by atoms with van der Waals surface area (Å²) in [5.74, 6) is -1.00. The summed E-state index contributed by atoms with van der Waals surface area (Å²) in [4.78, 5) is 33.2. The molecule has 0 radical (unpaired) electrons. The summed E-state index contributed by atoms with van der Waals surface area (Å²) < 4.78 is 0. The van der Waals surface area contributed by atoms with E-state index in [1.165, 1.54) is 6.07 Å². The molecule has 21 heavy (non-hydrogen) atoms. The van der Waals surface area contributed by atoms with Crippen LogP contribution in [0, 0.1) is 10.1 Å². The normalized spacial score (nSPS) is 9.95. The number of hydrogen-bond donors (Lipinski definition) is 3. The van der Waals surface area contributed by atoms with Gasteiger partial charge in [0.1, 0.15) is 11.3 Å². The van der Waals surface area contributed by atoms with Gasteiger partial charge in [0.05, 0.1) is 4.92 Å². The van der Waals surface area contributed by atoms with Crippen LogP contribution < -0.4 is 16.4 Å². The maximum absolute atomic E-state index is 12.0. The van der Waals surface area contributed by atoms with E-state index < -0.39 is 16.7 Å². The van der Waals surface area contributed by atoms with Crippen LogP contribution in [0.4, 0.5) is 11.4 Å². The first-order chi connectivity index (χ1) is 9.97. The van der Waals surface area contributed by atoms with Crippen LogP contribution in [0.5, 0.6) is 0 Å². The zero-order chi connectivity index (χ0) is 15.8. The molecule has 0 aromatic heterocycles. The number of nitro benzene ring substituents is 1. The number of para-hydroxylation sites is 1. The Balaban J connectivity index is 2.85. The summed E-state index contributed by atoms with van der Waals surface area (Å²) >= 11 is 0. The highest BCUT2D eigenvalue weighted by molar-refractivity contribution is 6.00. The van der Waals surface area contributed by atoms with E-state index in [2.05, 4.69) is 10.6 Å². The van der Waals surface area contributed by atoms with Crippen LogP contribution in [0.15, 0.2) is 18.2 Å². The monoisotopic (exact) mass is 294 g/mol. The molecule has 0 unspecified atom stereocenters. The molecule has 0 spiro atoms. The molecule has 0 bridgehead atoms. The molecule has 1 rings (SSSR count). The van der Waals surface area contributed by atoms with Crippen LogP contribution in [0.2, 0.25) is 0 Å². The predicted molar refractivity (Wildman–Crippen MR) is 78.0 cm³/mol. The Labute approximate surface area is 121 Å². The number of carbonyl (C=O) groups excluding carboxylic acids is 2. The molecule has 8 nitrogen and oxygen atoms in total. The zero-order valence-electron chi connectivity index (χ0n) is 11.7. The van der Waals surface area contributed by atoms with Gasteiger partial charge in [0, 0.05) is 19.5 Å². The van der Waals surface area contributed by atoms with Crippen molar-refractivity contribution in [2.75, 3.05) is 18.4 Å². The van der Waals surface area contributed by atoms with Gasteiger partial charge in [-0.1, -0.05) is 6.07 Å². The quantitative estimate of drug-likeness (QED) is 0.375. The third kappa shape index (κ3) is 4.75. The standard InChI is InChI=1S/C13H18N4O4/c1-2-15-10-6-3-5-9(12(10)17(20)21)13(19)16-8-4-7-11(14)18/h3,5-6,15H,2,4,7-8H2,1H3,(H2,14,18)(H,16,19). The smallest absolute Gasteiger partial charge is 0.305 e. The molecule has 1 aromatic rings. The Morgan fingerprint density at radius 2 is 2.10 bits per heavy atom. The highest BCUT2D eigenvalue weighted by Crippen LogP contribution is 2.28. The summed E-state index contributed by atoms with van der Waals surface area (Å²) in [5.41, 5.74) is 5.01. The number of hydrogen-bond acceptors (Lipinski definition) is 5. The fraction of sp³-hybridized carbons (Fsp3) is 0.385. The number of benzene rings is 1. The van der Waals surface area contributed by atoms with E-state index >= 15 is 0 Å². The summed E-state index contributed by atoms with van der Waals surface area (Å²) in [7, 11) is 0. The highest BCUT2D eigenvalue weighted by Gasteiger charge is 2.23. The van der Waals surface area contributed by atoms with Crippen molar-refractivity contribution in [3.8, 4) is 0 Å². The molecule has 8 heteroatoms. The van der Waals surface area contributed by atoms with E-state index in [0.717, 1.165) is 0 Å². The van der Waals surface area contributed by atoms with Crippen LogP contribution in [-0.2, 0) is 4.79 Å². The average Bonchev–Trinajstić information content (AvgIpc) is 2.43. The molecule has 0 atom stereocenters. The zero-order valence-corrected chi connectivity index (χ0v) is 11.7. The molecule has 0 saturated heterocycles. The van der Waals surface area contributed by atoms with E-state index in [-0.39, 0.29) is 24.2 Å². The topological polar surface area (TPSA) is 127 Å². The summed E-state index contributed by atoms with van der Waals surface area (Å²) in [6.45, 7) is 2.54. The number of nitrogens with one attached hydrogen (secondary N) is 2. The van der Waals surface area contributed by atoms with Crippen molar-refractivity contribution in [1.29, 1.82) is 0 Å². The molecule has 0 aliphatic carbocycles. The third-order valence-electron chi connectivity index (χ3n) is 2.72. The van der Waals surface area contributed by atoms with Crippen LogP contribution in [-0.4, -0.2) is 29.8 Å². The second kappa shape index (κ2) is 7.83. The van der Waals surface area contributed by atoms with Gasteiger partial charge in [-0.25, -0.2) is 0 Å². The van der Waals surface area contributed by atoms with E-state index in [0.29, 0.717) is 18.7 Å². The minimum atomic E-state index is -0.587. The lowest BCUT2D eigenvalue weighted by molar-refractivity contribution is -0.384. The van der Waals surface area contributed by atoms with Crippen molar-refractivity contribution >= 4 is 23.2 Å². The highest BCUT2D eigenvalue weighted by atomic mass is 16.6. The lowest BCUT2D eigenvalue weighted by Gasteiger charge is -2.09. The molecule has 1 aromatic carbocycles. The van der Waals surface area contributed by atoms with Gasteiger partial charge < -0.3 is 16.4 Å². The third-order valence-corrected chi connectivity index (χ3v) is 2.72. The first-order valence-corrected chi connectivity index (χ1v) is 6.55. The van der Waals surface area contributed by atoms with Crippen LogP contribution in [0.1, 0.15) is 30.1 Å². The minimum absolute atomic E-state index is 0.0162. The number of nitro groups is 1. The van der Waals surface area contributed by atoms with Crippen molar-refractivity contribution < 1.29 is 14.5 Å². The Bertz CT molecular complexity index is 545. The molecule has 0 aliphatic heterocycles. The van der Waals surface area contributed by atoms with Gasteiger partial charge in [-0.3, -0.25) is 19.7 Å². The van der Waals surface area contributed by atoms with Crippen LogP contribution >= 0.6 is 0 Å². The molecule has 4 N–H and O–H groups in total. The van der Waals surface area contributed by atoms with Gasteiger partial charge >= 0.3 is 5.69 Å². The average molecular weight is 294 g/mol. The van der Waals surface area contributed by atoms with Gasteiger partial charge in [-0.2, -0.15) is 0 Å². The van der Waals surface area contributed by atoms with Crippen molar-refractivity contribution in [1.82, 2.24) is 5.32 Å².